The monoisotopic (exact) mass is 291 g/mol. The molecule has 0 aliphatic carbocycles. The Morgan fingerprint density at radius 2 is 1.91 bits per heavy atom. The van der Waals surface area contributed by atoms with Crippen molar-refractivity contribution in [2.45, 2.75) is 6.92 Å². The first-order valence-corrected chi connectivity index (χ1v) is 7.07. The van der Waals surface area contributed by atoms with Gasteiger partial charge in [-0.1, -0.05) is 30.3 Å². The van der Waals surface area contributed by atoms with Gasteiger partial charge in [-0.25, -0.2) is 4.98 Å². The highest BCUT2D eigenvalue weighted by Gasteiger charge is 2.01. The number of ether oxygens (including phenoxy) is 1. The number of nitrogens with zero attached hydrogens (tertiary/aromatic N) is 2. The smallest absolute Gasteiger partial charge is 0.146 e. The zero-order valence-corrected chi connectivity index (χ0v) is 12.6. The number of hydrogen-bond donors (Lipinski definition) is 1. The molecular weight excluding hydrogens is 274 g/mol. The van der Waals surface area contributed by atoms with Gasteiger partial charge in [0.25, 0.3) is 0 Å². The van der Waals surface area contributed by atoms with Crippen LogP contribution in [-0.2, 0) is 0 Å². The quantitative estimate of drug-likeness (QED) is 0.582. The number of anilines is 1. The molecule has 0 aliphatic rings. The molecule has 22 heavy (non-hydrogen) atoms. The molecule has 3 rings (SSSR count). The van der Waals surface area contributed by atoms with Crippen molar-refractivity contribution in [2.75, 3.05) is 12.5 Å². The summed E-state index contributed by atoms with van der Waals surface area (Å²) in [7, 11) is 1.66. The van der Waals surface area contributed by atoms with Gasteiger partial charge in [-0.15, -0.1) is 0 Å². The van der Waals surface area contributed by atoms with Crippen LogP contribution in [0.5, 0.6) is 5.75 Å². The second-order valence-corrected chi connectivity index (χ2v) is 4.93. The fourth-order valence-electron chi connectivity index (χ4n) is 2.18. The van der Waals surface area contributed by atoms with Crippen LogP contribution >= 0.6 is 0 Å². The van der Waals surface area contributed by atoms with E-state index in [-0.39, 0.29) is 0 Å². The number of fused-ring (bicyclic) bond motifs is 1. The van der Waals surface area contributed by atoms with E-state index in [4.69, 9.17) is 4.74 Å². The summed E-state index contributed by atoms with van der Waals surface area (Å²) < 4.78 is 5.23. The van der Waals surface area contributed by atoms with Crippen molar-refractivity contribution < 1.29 is 4.74 Å². The number of hydrogen-bond acceptors (Lipinski definition) is 4. The fourth-order valence-corrected chi connectivity index (χ4v) is 2.18. The van der Waals surface area contributed by atoms with Crippen molar-refractivity contribution in [1.82, 2.24) is 4.98 Å². The Labute approximate surface area is 129 Å². The van der Waals surface area contributed by atoms with E-state index < -0.39 is 0 Å². The third-order valence-electron chi connectivity index (χ3n) is 3.42. The second kappa shape index (κ2) is 6.26. The molecule has 0 saturated carbocycles. The Hall–Kier alpha value is -2.88. The minimum Gasteiger partial charge on any atom is -0.497 e. The van der Waals surface area contributed by atoms with Gasteiger partial charge < -0.3 is 4.74 Å². The van der Waals surface area contributed by atoms with E-state index in [9.17, 15) is 0 Å². The lowest BCUT2D eigenvalue weighted by Gasteiger charge is -2.06. The summed E-state index contributed by atoms with van der Waals surface area (Å²) in [6, 6.07) is 19.8. The molecule has 1 heterocycles. The van der Waals surface area contributed by atoms with E-state index in [1.54, 1.807) is 7.11 Å². The molecule has 0 aliphatic heterocycles. The molecule has 1 N–H and O–H groups in total. The lowest BCUT2D eigenvalue weighted by Crippen LogP contribution is -2.01. The first-order valence-electron chi connectivity index (χ1n) is 7.07. The van der Waals surface area contributed by atoms with Crippen LogP contribution in [0.1, 0.15) is 12.5 Å². The Balaban J connectivity index is 1.81. The molecular formula is C18H17N3O. The van der Waals surface area contributed by atoms with Crippen LogP contribution in [0.3, 0.4) is 0 Å². The lowest BCUT2D eigenvalue weighted by atomic mass is 10.1. The zero-order chi connectivity index (χ0) is 15.4. The lowest BCUT2D eigenvalue weighted by molar-refractivity contribution is 0.414. The summed E-state index contributed by atoms with van der Waals surface area (Å²) in [5.41, 5.74) is 5.83. The van der Waals surface area contributed by atoms with Gasteiger partial charge in [0, 0.05) is 10.9 Å². The molecule has 0 fully saturated rings. The molecule has 2 aromatic carbocycles. The van der Waals surface area contributed by atoms with E-state index in [1.807, 2.05) is 67.6 Å². The minimum absolute atomic E-state index is 0.723. The van der Waals surface area contributed by atoms with Crippen molar-refractivity contribution in [3.05, 3.63) is 66.2 Å². The molecule has 0 amide bonds. The van der Waals surface area contributed by atoms with Gasteiger partial charge in [-0.2, -0.15) is 5.10 Å². The summed E-state index contributed by atoms with van der Waals surface area (Å²) in [6.07, 6.45) is 0. The Morgan fingerprint density at radius 1 is 1.05 bits per heavy atom. The van der Waals surface area contributed by atoms with Gasteiger partial charge in [0.2, 0.25) is 0 Å². The number of pyridine rings is 1. The van der Waals surface area contributed by atoms with E-state index in [0.29, 0.717) is 0 Å². The predicted molar refractivity (Wildman–Crippen MR) is 90.6 cm³/mol. The van der Waals surface area contributed by atoms with Crippen molar-refractivity contribution >= 4 is 22.4 Å². The third kappa shape index (κ3) is 3.06. The highest BCUT2D eigenvalue weighted by molar-refractivity contribution is 5.99. The molecule has 4 nitrogen and oxygen atoms in total. The van der Waals surface area contributed by atoms with Crippen molar-refractivity contribution in [3.63, 3.8) is 0 Å². The van der Waals surface area contributed by atoms with Crippen LogP contribution in [0.4, 0.5) is 5.82 Å². The van der Waals surface area contributed by atoms with Gasteiger partial charge in [0.1, 0.15) is 11.6 Å². The number of benzene rings is 2. The van der Waals surface area contributed by atoms with Gasteiger partial charge in [0.15, 0.2) is 0 Å². The predicted octanol–water partition coefficient (Wildman–Crippen LogP) is 4.08. The maximum Gasteiger partial charge on any atom is 0.146 e. The van der Waals surface area contributed by atoms with E-state index in [1.165, 1.54) is 0 Å². The summed E-state index contributed by atoms with van der Waals surface area (Å²) in [5, 5.41) is 5.51. The average molecular weight is 291 g/mol. The first kappa shape index (κ1) is 14.1. The molecule has 0 bridgehead atoms. The first-order chi connectivity index (χ1) is 10.8. The molecule has 110 valence electrons. The Kier molecular flexibility index (Phi) is 4.01. The number of nitrogens with one attached hydrogen (secondary N) is 1. The van der Waals surface area contributed by atoms with Crippen LogP contribution in [0.25, 0.3) is 10.9 Å². The average Bonchev–Trinajstić information content (AvgIpc) is 2.59. The van der Waals surface area contributed by atoms with Crippen LogP contribution in [0.15, 0.2) is 65.8 Å². The molecule has 0 spiro atoms. The van der Waals surface area contributed by atoms with Gasteiger partial charge in [0.05, 0.1) is 18.3 Å². The third-order valence-corrected chi connectivity index (χ3v) is 3.42. The van der Waals surface area contributed by atoms with Gasteiger partial charge in [-0.3, -0.25) is 5.43 Å². The summed E-state index contributed by atoms with van der Waals surface area (Å²) >= 11 is 0. The van der Waals surface area contributed by atoms with Crippen molar-refractivity contribution in [2.24, 2.45) is 5.10 Å². The highest BCUT2D eigenvalue weighted by atomic mass is 16.5. The molecule has 0 atom stereocenters. The van der Waals surface area contributed by atoms with E-state index in [2.05, 4.69) is 15.5 Å². The van der Waals surface area contributed by atoms with Crippen molar-refractivity contribution in [1.29, 1.82) is 0 Å². The molecule has 0 saturated heterocycles. The fraction of sp³-hybridized carbons (Fsp3) is 0.111. The zero-order valence-electron chi connectivity index (χ0n) is 12.6. The Bertz CT molecular complexity index is 827. The second-order valence-electron chi connectivity index (χ2n) is 4.93. The van der Waals surface area contributed by atoms with E-state index in [0.717, 1.165) is 33.7 Å². The SMILES string of the molecule is COc1cccc(/C(C)=N/Nc2ccc3ccccc3n2)c1. The number of hydrazone groups is 1. The van der Waals surface area contributed by atoms with Crippen molar-refractivity contribution in [3.8, 4) is 5.75 Å². The number of para-hydroxylation sites is 1. The van der Waals surface area contributed by atoms with Crippen LogP contribution < -0.4 is 10.2 Å². The highest BCUT2D eigenvalue weighted by Crippen LogP contribution is 2.16. The largest absolute Gasteiger partial charge is 0.497 e. The molecule has 0 unspecified atom stereocenters. The molecule has 1 aromatic heterocycles. The summed E-state index contributed by atoms with van der Waals surface area (Å²) in [5.74, 6) is 1.54. The summed E-state index contributed by atoms with van der Waals surface area (Å²) in [6.45, 7) is 1.95. The van der Waals surface area contributed by atoms with Crippen LogP contribution in [-0.4, -0.2) is 17.8 Å². The van der Waals surface area contributed by atoms with Crippen LogP contribution in [0.2, 0.25) is 0 Å². The molecule has 4 heteroatoms. The Morgan fingerprint density at radius 3 is 2.77 bits per heavy atom. The van der Waals surface area contributed by atoms with Gasteiger partial charge >= 0.3 is 0 Å². The van der Waals surface area contributed by atoms with Gasteiger partial charge in [-0.05, 0) is 37.3 Å². The molecule has 3 aromatic rings. The molecule has 0 radical (unpaired) electrons. The standard InChI is InChI=1S/C18H17N3O/c1-13(15-7-5-8-16(12-15)22-2)20-21-18-11-10-14-6-3-4-9-17(14)19-18/h3-12H,1-2H3,(H,19,21)/b20-13+. The maximum absolute atomic E-state index is 5.23. The maximum atomic E-state index is 5.23. The number of aromatic nitrogens is 1. The normalized spacial score (nSPS) is 11.5. The number of rotatable bonds is 4. The van der Waals surface area contributed by atoms with E-state index >= 15 is 0 Å². The summed E-state index contributed by atoms with van der Waals surface area (Å²) in [4.78, 5) is 4.53. The topological polar surface area (TPSA) is 46.5 Å². The number of methoxy groups -OCH3 is 1. The minimum atomic E-state index is 0.723. The van der Waals surface area contributed by atoms with Crippen LogP contribution in [0, 0.1) is 0 Å².